The molecule has 18 heteroatoms. The number of rotatable bonds is 12. The van der Waals surface area contributed by atoms with Gasteiger partial charge in [0.2, 0.25) is 5.88 Å². The standard InChI is InChI=1S/C28H28N6O3.C26H24N6O3.3C7H4/c1-3-36-27-25-22(20-10-11-24(30-18-20)33-14-12-19(17-29)13-15-33)16-23(28(35)37-4-2)31-26(25)34(32-27)21-8-6-5-7-9-21;1-2-35-26(34)21-14-20(18-8-9-22(28-16-18)31-12-10-17(15-27)11-13-31)23-24(29-21)32(30-25(23)33)19-6-4-3-5-7-19;3*1-3-5-7-6-4-2/h5-11,16,18-19H,3-4,12-15H2,1-2H3;3-9,14,16-17H,2,10-13H2,1H3,(H,30,33);3*1H,2H3. The summed E-state index contributed by atoms with van der Waals surface area (Å²) in [6.45, 7) is 14.6. The molecule has 2 aliphatic rings. The first-order valence-electron chi connectivity index (χ1n) is 29.5. The summed E-state index contributed by atoms with van der Waals surface area (Å²) in [5, 5.41) is 26.9. The summed E-state index contributed by atoms with van der Waals surface area (Å²) in [6.07, 6.45) is 21.1. The van der Waals surface area contributed by atoms with E-state index in [9.17, 15) is 19.6 Å². The Hall–Kier alpha value is -12.9. The number of piperidine rings is 2. The van der Waals surface area contributed by atoms with Crippen molar-refractivity contribution in [1.29, 1.82) is 10.5 Å². The second-order valence-electron chi connectivity index (χ2n) is 19.4. The summed E-state index contributed by atoms with van der Waals surface area (Å²) >= 11 is 0. The maximum Gasteiger partial charge on any atom is 0.357 e. The van der Waals surface area contributed by atoms with E-state index in [1.54, 1.807) is 68.5 Å². The molecule has 460 valence electrons. The smallest absolute Gasteiger partial charge is 0.357 e. The van der Waals surface area contributed by atoms with Crippen LogP contribution in [0.25, 0.3) is 55.7 Å². The number of fused-ring (bicyclic) bond motifs is 2. The number of nitriles is 2. The van der Waals surface area contributed by atoms with E-state index in [4.69, 9.17) is 48.8 Å². The number of pyridine rings is 4. The minimum absolute atomic E-state index is 0.0947. The summed E-state index contributed by atoms with van der Waals surface area (Å²) in [4.78, 5) is 61.3. The average Bonchev–Trinajstić information content (AvgIpc) is 1.65. The van der Waals surface area contributed by atoms with Crippen LogP contribution in [0.3, 0.4) is 0 Å². The molecule has 0 saturated carbocycles. The first-order valence-corrected chi connectivity index (χ1v) is 29.5. The number of aromatic nitrogens is 8. The van der Waals surface area contributed by atoms with Crippen LogP contribution < -0.4 is 20.1 Å². The molecule has 8 aromatic rings. The van der Waals surface area contributed by atoms with Crippen LogP contribution in [0.1, 0.15) is 88.2 Å². The van der Waals surface area contributed by atoms with Gasteiger partial charge in [-0.05, 0) is 199 Å². The quantitative estimate of drug-likeness (QED) is 0.0887. The summed E-state index contributed by atoms with van der Waals surface area (Å²) in [7, 11) is 0. The topological polar surface area (TPSA) is 223 Å². The van der Waals surface area contributed by atoms with Gasteiger partial charge in [-0.3, -0.25) is 9.89 Å². The highest BCUT2D eigenvalue weighted by Gasteiger charge is 2.26. The van der Waals surface area contributed by atoms with Crippen LogP contribution in [0.4, 0.5) is 11.6 Å². The Morgan fingerprint density at radius 1 is 0.559 bits per heavy atom. The van der Waals surface area contributed by atoms with E-state index in [2.05, 4.69) is 131 Å². The molecule has 0 bridgehead atoms. The largest absolute Gasteiger partial charge is 0.476 e. The minimum atomic E-state index is -0.561. The van der Waals surface area contributed by atoms with Crippen molar-refractivity contribution in [2.24, 2.45) is 11.8 Å². The maximum absolute atomic E-state index is 13.1. The van der Waals surface area contributed by atoms with Gasteiger partial charge in [-0.25, -0.2) is 38.9 Å². The van der Waals surface area contributed by atoms with Crippen LogP contribution in [-0.4, -0.2) is 97.4 Å². The zero-order valence-corrected chi connectivity index (χ0v) is 52.4. The minimum Gasteiger partial charge on any atom is -0.476 e. The first kappa shape index (κ1) is 69.2. The number of H-pyrrole nitrogens is 1. The zero-order chi connectivity index (χ0) is 66.7. The molecule has 0 radical (unpaired) electrons. The van der Waals surface area contributed by atoms with Crippen molar-refractivity contribution in [1.82, 2.24) is 39.5 Å². The fraction of sp³-hybridized carbons (Fsp3) is 0.253. The first-order chi connectivity index (χ1) is 45.4. The number of esters is 2. The van der Waals surface area contributed by atoms with Gasteiger partial charge in [-0.15, -0.1) is 24.4 Å². The van der Waals surface area contributed by atoms with Crippen LogP contribution in [0.2, 0.25) is 0 Å². The third kappa shape index (κ3) is 19.3. The second kappa shape index (κ2) is 37.1. The Kier molecular flexibility index (Phi) is 27.6. The van der Waals surface area contributed by atoms with Gasteiger partial charge < -0.3 is 24.0 Å². The van der Waals surface area contributed by atoms with Crippen LogP contribution in [0, 0.1) is 143 Å². The predicted molar refractivity (Wildman–Crippen MR) is 361 cm³/mol. The van der Waals surface area contributed by atoms with E-state index in [1.807, 2.05) is 91.9 Å². The molecule has 0 spiro atoms. The van der Waals surface area contributed by atoms with Crippen LogP contribution >= 0.6 is 0 Å². The Morgan fingerprint density at radius 2 is 0.989 bits per heavy atom. The molecule has 6 aromatic heterocycles. The van der Waals surface area contributed by atoms with Crippen molar-refractivity contribution in [3.63, 3.8) is 0 Å². The van der Waals surface area contributed by atoms with Crippen LogP contribution in [0.5, 0.6) is 5.88 Å². The third-order valence-electron chi connectivity index (χ3n) is 13.6. The van der Waals surface area contributed by atoms with Gasteiger partial charge >= 0.3 is 11.9 Å². The number of para-hydroxylation sites is 2. The number of nitrogens with one attached hydrogen (secondary N) is 1. The molecule has 2 fully saturated rings. The van der Waals surface area contributed by atoms with Crippen molar-refractivity contribution in [3.05, 3.63) is 131 Å². The monoisotopic (exact) mass is 1230 g/mol. The molecule has 0 unspecified atom stereocenters. The second-order valence-corrected chi connectivity index (χ2v) is 19.4. The molecule has 2 aromatic carbocycles. The highest BCUT2D eigenvalue weighted by molar-refractivity contribution is 6.02. The molecule has 0 atom stereocenters. The summed E-state index contributed by atoms with van der Waals surface area (Å²) in [6, 6.07) is 34.7. The third-order valence-corrected chi connectivity index (χ3v) is 13.6. The van der Waals surface area contributed by atoms with E-state index in [-0.39, 0.29) is 42.0 Å². The van der Waals surface area contributed by atoms with E-state index >= 15 is 0 Å². The summed E-state index contributed by atoms with van der Waals surface area (Å²) < 4.78 is 19.7. The molecule has 10 rings (SSSR count). The number of anilines is 2. The number of carbonyl (C=O) groups excluding carboxylic acids is 2. The van der Waals surface area contributed by atoms with Crippen LogP contribution in [-0.2, 0) is 9.47 Å². The number of carbonyl (C=O) groups is 2. The molecule has 2 aliphatic heterocycles. The summed E-state index contributed by atoms with van der Waals surface area (Å²) in [5.74, 6) is 37.3. The van der Waals surface area contributed by atoms with Crippen LogP contribution in [0.15, 0.2) is 114 Å². The molecular formula is C75H64N12O6. The molecule has 0 amide bonds. The SMILES string of the molecule is C#CC#CC#CC.C#CC#CC#CC.C#CC#CC#CC.CCOC(=O)c1cc(-c2ccc(N3CCC(C#N)CC3)nc2)c2c(=O)[nH]n(-c3ccccc3)c2n1.CCOC(=O)c1cc(-c2ccc(N3CCC(C#N)CC3)nc2)c2c(OCC)nn(-c3ccccc3)c2n1. The number of benzene rings is 2. The molecule has 18 nitrogen and oxygen atoms in total. The lowest BCUT2D eigenvalue weighted by atomic mass is 9.98. The van der Waals surface area contributed by atoms with E-state index in [1.165, 1.54) is 0 Å². The average molecular weight is 1230 g/mol. The maximum atomic E-state index is 13.1. The van der Waals surface area contributed by atoms with Gasteiger partial charge in [-0.2, -0.15) is 10.5 Å². The molecular weight excluding hydrogens is 1160 g/mol. The Bertz CT molecular complexity index is 4490. The van der Waals surface area contributed by atoms with Crippen molar-refractivity contribution in [3.8, 4) is 160 Å². The van der Waals surface area contributed by atoms with Gasteiger partial charge in [-0.1, -0.05) is 54.2 Å². The number of hydrogen-bond donors (Lipinski definition) is 1. The molecule has 93 heavy (non-hydrogen) atoms. The van der Waals surface area contributed by atoms with Crippen molar-refractivity contribution < 1.29 is 23.8 Å². The molecule has 8 heterocycles. The van der Waals surface area contributed by atoms with Gasteiger partial charge in [0.15, 0.2) is 22.7 Å². The van der Waals surface area contributed by atoms with Gasteiger partial charge in [0.1, 0.15) is 11.6 Å². The van der Waals surface area contributed by atoms with Gasteiger partial charge in [0.05, 0.1) is 54.1 Å². The lowest BCUT2D eigenvalue weighted by molar-refractivity contribution is 0.0510. The van der Waals surface area contributed by atoms with E-state index < -0.39 is 11.9 Å². The number of terminal acetylenes is 3. The summed E-state index contributed by atoms with van der Waals surface area (Å²) in [5.41, 5.74) is 5.12. The molecule has 1 N–H and O–H groups in total. The van der Waals surface area contributed by atoms with E-state index in [0.717, 1.165) is 80.3 Å². The number of nitrogens with zero attached hydrogens (tertiary/aromatic N) is 11. The lowest BCUT2D eigenvalue weighted by Gasteiger charge is -2.30. The van der Waals surface area contributed by atoms with Crippen molar-refractivity contribution in [2.45, 2.75) is 67.2 Å². The van der Waals surface area contributed by atoms with E-state index in [0.29, 0.717) is 51.4 Å². The zero-order valence-electron chi connectivity index (χ0n) is 52.4. The Morgan fingerprint density at radius 3 is 1.38 bits per heavy atom. The van der Waals surface area contributed by atoms with Gasteiger partial charge in [0, 0.05) is 72.7 Å². The van der Waals surface area contributed by atoms with Crippen molar-refractivity contribution >= 4 is 45.6 Å². The highest BCUT2D eigenvalue weighted by atomic mass is 16.5. The normalized spacial score (nSPS) is 11.6. The predicted octanol–water partition coefficient (Wildman–Crippen LogP) is 10.4. The molecule has 0 aliphatic carbocycles. The Labute approximate surface area is 542 Å². The van der Waals surface area contributed by atoms with Gasteiger partial charge in [0.25, 0.3) is 5.56 Å². The number of aromatic amines is 1. The van der Waals surface area contributed by atoms with Crippen molar-refractivity contribution in [2.75, 3.05) is 55.8 Å². The lowest BCUT2D eigenvalue weighted by Crippen LogP contribution is -2.33. The molecule has 2 saturated heterocycles. The Balaban J connectivity index is 0.000000226. The fourth-order valence-electron chi connectivity index (χ4n) is 9.37. The highest BCUT2D eigenvalue weighted by Crippen LogP contribution is 2.37. The fourth-order valence-corrected chi connectivity index (χ4v) is 9.37. The number of ether oxygens (including phenoxy) is 3. The number of hydrogen-bond acceptors (Lipinski definition) is 15.